The average Bonchev–Trinajstić information content (AvgIpc) is 2.40. The summed E-state index contributed by atoms with van der Waals surface area (Å²) in [5.74, 6) is -0.422. The number of halogens is 2. The second kappa shape index (κ2) is 6.69. The Morgan fingerprint density at radius 1 is 1.20 bits per heavy atom. The Morgan fingerprint density at radius 3 is 2.65 bits per heavy atom. The number of aryl methyl sites for hydroxylation is 1. The van der Waals surface area contributed by atoms with E-state index in [-0.39, 0.29) is 18.3 Å². The number of rotatable bonds is 4. The molecule has 0 heterocycles. The minimum absolute atomic E-state index is 0.136. The molecule has 0 unspecified atom stereocenters. The zero-order chi connectivity index (χ0) is 14.5. The van der Waals surface area contributed by atoms with Crippen LogP contribution in [0.3, 0.4) is 0 Å². The maximum Gasteiger partial charge on any atom is 0.243 e. The van der Waals surface area contributed by atoms with Gasteiger partial charge >= 0.3 is 0 Å². The fraction of sp³-hybridized carbons (Fsp3) is 0.133. The summed E-state index contributed by atoms with van der Waals surface area (Å²) in [6.45, 7) is 1.93. The first kappa shape index (κ1) is 14.8. The molecule has 3 nitrogen and oxygen atoms in total. The molecular weight excluding hydrogens is 370 g/mol. The van der Waals surface area contributed by atoms with Crippen molar-refractivity contribution in [3.05, 3.63) is 57.4 Å². The molecule has 0 saturated heterocycles. The van der Waals surface area contributed by atoms with Gasteiger partial charge in [0, 0.05) is 9.26 Å². The van der Waals surface area contributed by atoms with Crippen LogP contribution in [0, 0.1) is 16.3 Å². The number of benzene rings is 2. The summed E-state index contributed by atoms with van der Waals surface area (Å²) in [7, 11) is 0. The van der Waals surface area contributed by atoms with E-state index in [2.05, 4.69) is 33.2 Å². The van der Waals surface area contributed by atoms with Gasteiger partial charge in [-0.25, -0.2) is 4.39 Å². The molecule has 2 rings (SSSR count). The Hall–Kier alpha value is -1.63. The summed E-state index contributed by atoms with van der Waals surface area (Å²) in [6, 6.07) is 12.0. The molecule has 2 aromatic rings. The van der Waals surface area contributed by atoms with Gasteiger partial charge in [-0.05, 0) is 65.4 Å². The third-order valence-electron chi connectivity index (χ3n) is 2.78. The normalized spacial score (nSPS) is 10.2. The van der Waals surface area contributed by atoms with Crippen molar-refractivity contribution in [2.45, 2.75) is 6.92 Å². The van der Waals surface area contributed by atoms with Gasteiger partial charge < -0.3 is 10.6 Å². The van der Waals surface area contributed by atoms with E-state index in [4.69, 9.17) is 0 Å². The first-order chi connectivity index (χ1) is 9.56. The molecule has 2 N–H and O–H groups in total. The molecule has 5 heteroatoms. The molecule has 0 fully saturated rings. The quantitative estimate of drug-likeness (QED) is 0.788. The predicted molar refractivity (Wildman–Crippen MR) is 87.4 cm³/mol. The summed E-state index contributed by atoms with van der Waals surface area (Å²) in [4.78, 5) is 11.9. The Labute approximate surface area is 130 Å². The van der Waals surface area contributed by atoms with Crippen molar-refractivity contribution in [1.29, 1.82) is 0 Å². The molecule has 20 heavy (non-hydrogen) atoms. The lowest BCUT2D eigenvalue weighted by Crippen LogP contribution is -2.22. The molecule has 2 aromatic carbocycles. The lowest BCUT2D eigenvalue weighted by atomic mass is 10.2. The second-order valence-electron chi connectivity index (χ2n) is 4.34. The van der Waals surface area contributed by atoms with E-state index >= 15 is 0 Å². The van der Waals surface area contributed by atoms with Gasteiger partial charge in [-0.15, -0.1) is 0 Å². The molecule has 1 amide bonds. The van der Waals surface area contributed by atoms with E-state index in [0.29, 0.717) is 0 Å². The highest BCUT2D eigenvalue weighted by Crippen LogP contribution is 2.17. The Balaban J connectivity index is 1.94. The van der Waals surface area contributed by atoms with E-state index in [0.717, 1.165) is 20.5 Å². The van der Waals surface area contributed by atoms with Crippen molar-refractivity contribution in [3.63, 3.8) is 0 Å². The van der Waals surface area contributed by atoms with Gasteiger partial charge in [-0.2, -0.15) is 0 Å². The molecular formula is C15H14FIN2O. The van der Waals surface area contributed by atoms with Gasteiger partial charge in [0.15, 0.2) is 0 Å². The number of nitrogens with one attached hydrogen (secondary N) is 2. The van der Waals surface area contributed by atoms with Crippen LogP contribution in [0.4, 0.5) is 15.8 Å². The Bertz CT molecular complexity index is 631. The van der Waals surface area contributed by atoms with E-state index in [1.165, 1.54) is 12.1 Å². The zero-order valence-electron chi connectivity index (χ0n) is 10.9. The number of hydrogen-bond donors (Lipinski definition) is 2. The van der Waals surface area contributed by atoms with Crippen LogP contribution in [0.2, 0.25) is 0 Å². The van der Waals surface area contributed by atoms with Crippen molar-refractivity contribution in [3.8, 4) is 0 Å². The van der Waals surface area contributed by atoms with Gasteiger partial charge in [0.2, 0.25) is 5.91 Å². The van der Waals surface area contributed by atoms with Gasteiger partial charge in [-0.1, -0.05) is 12.1 Å². The second-order valence-corrected chi connectivity index (χ2v) is 5.50. The molecule has 0 bridgehead atoms. The summed E-state index contributed by atoms with van der Waals surface area (Å²) < 4.78 is 14.0. The van der Waals surface area contributed by atoms with Crippen molar-refractivity contribution in [2.24, 2.45) is 0 Å². The number of para-hydroxylation sites is 1. The van der Waals surface area contributed by atoms with Crippen LogP contribution >= 0.6 is 22.6 Å². The highest BCUT2D eigenvalue weighted by atomic mass is 127. The summed E-state index contributed by atoms with van der Waals surface area (Å²) in [5, 5.41) is 5.83. The van der Waals surface area contributed by atoms with E-state index in [1.807, 2.05) is 24.3 Å². The van der Waals surface area contributed by atoms with E-state index < -0.39 is 0 Å². The largest absolute Gasteiger partial charge is 0.376 e. The van der Waals surface area contributed by atoms with Crippen molar-refractivity contribution in [2.75, 3.05) is 17.2 Å². The molecule has 0 aliphatic heterocycles. The fourth-order valence-electron chi connectivity index (χ4n) is 1.76. The molecule has 0 atom stereocenters. The topological polar surface area (TPSA) is 41.1 Å². The zero-order valence-corrected chi connectivity index (χ0v) is 13.1. The lowest BCUT2D eigenvalue weighted by Gasteiger charge is -2.11. The van der Waals surface area contributed by atoms with Gasteiger partial charge in [-0.3, -0.25) is 4.79 Å². The fourth-order valence-corrected chi connectivity index (χ4v) is 2.28. The smallest absolute Gasteiger partial charge is 0.243 e. The molecule has 104 valence electrons. The molecule has 0 spiro atoms. The summed E-state index contributed by atoms with van der Waals surface area (Å²) in [6.07, 6.45) is 0. The number of carbonyl (C=O) groups is 1. The van der Waals surface area contributed by atoms with Crippen molar-refractivity contribution >= 4 is 39.9 Å². The van der Waals surface area contributed by atoms with Crippen LogP contribution in [-0.2, 0) is 4.79 Å². The number of amides is 1. The lowest BCUT2D eigenvalue weighted by molar-refractivity contribution is -0.114. The molecule has 0 radical (unpaired) electrons. The minimum Gasteiger partial charge on any atom is -0.376 e. The number of carbonyl (C=O) groups excluding carboxylic acids is 1. The third kappa shape index (κ3) is 3.93. The van der Waals surface area contributed by atoms with Gasteiger partial charge in [0.1, 0.15) is 5.82 Å². The van der Waals surface area contributed by atoms with Gasteiger partial charge in [0.05, 0.1) is 12.2 Å². The predicted octanol–water partition coefficient (Wildman–Crippen LogP) is 3.79. The molecule has 0 saturated carbocycles. The molecule has 0 aliphatic rings. The summed E-state index contributed by atoms with van der Waals surface area (Å²) in [5.41, 5.74) is 2.31. The van der Waals surface area contributed by atoms with E-state index in [9.17, 15) is 9.18 Å². The van der Waals surface area contributed by atoms with Crippen LogP contribution in [0.1, 0.15) is 5.56 Å². The monoisotopic (exact) mass is 384 g/mol. The highest BCUT2D eigenvalue weighted by molar-refractivity contribution is 14.1. The highest BCUT2D eigenvalue weighted by Gasteiger charge is 2.06. The Morgan fingerprint density at radius 2 is 1.95 bits per heavy atom. The van der Waals surface area contributed by atoms with Crippen molar-refractivity contribution in [1.82, 2.24) is 0 Å². The first-order valence-electron chi connectivity index (χ1n) is 6.10. The van der Waals surface area contributed by atoms with Crippen LogP contribution in [0.15, 0.2) is 42.5 Å². The minimum atomic E-state index is -0.281. The van der Waals surface area contributed by atoms with Crippen LogP contribution in [0.5, 0.6) is 0 Å². The van der Waals surface area contributed by atoms with Crippen LogP contribution in [0.25, 0.3) is 0 Å². The standard InChI is InChI=1S/C15H14FIN2O/c1-10-8-11(16)6-7-13(10)18-9-15(20)19-14-5-3-2-4-12(14)17/h2-8,18H,9H2,1H3,(H,19,20). The first-order valence-corrected chi connectivity index (χ1v) is 7.18. The maximum absolute atomic E-state index is 13.0. The van der Waals surface area contributed by atoms with E-state index in [1.54, 1.807) is 13.0 Å². The Kier molecular flexibility index (Phi) is 4.94. The number of anilines is 2. The molecule has 0 aromatic heterocycles. The molecule has 0 aliphatic carbocycles. The number of hydrogen-bond acceptors (Lipinski definition) is 2. The average molecular weight is 384 g/mol. The SMILES string of the molecule is Cc1cc(F)ccc1NCC(=O)Nc1ccccc1I. The van der Waals surface area contributed by atoms with Crippen molar-refractivity contribution < 1.29 is 9.18 Å². The maximum atomic E-state index is 13.0. The van der Waals surface area contributed by atoms with Crippen LogP contribution < -0.4 is 10.6 Å². The third-order valence-corrected chi connectivity index (χ3v) is 3.72. The van der Waals surface area contributed by atoms with Crippen LogP contribution in [-0.4, -0.2) is 12.5 Å². The van der Waals surface area contributed by atoms with Gasteiger partial charge in [0.25, 0.3) is 0 Å². The summed E-state index contributed by atoms with van der Waals surface area (Å²) >= 11 is 2.17.